The van der Waals surface area contributed by atoms with Crippen molar-refractivity contribution >= 4 is 45.0 Å². The maximum absolute atomic E-state index is 13.1. The number of carbonyl (C=O) groups is 2. The van der Waals surface area contributed by atoms with E-state index in [1.807, 2.05) is 33.8 Å². The van der Waals surface area contributed by atoms with E-state index < -0.39 is 21.7 Å². The van der Waals surface area contributed by atoms with Gasteiger partial charge in [-0.25, -0.2) is 22.5 Å². The zero-order chi connectivity index (χ0) is 28.7. The van der Waals surface area contributed by atoms with Crippen LogP contribution in [-0.4, -0.2) is 86.5 Å². The number of nitrogens with zero attached hydrogens (tertiary/aromatic N) is 5. The van der Waals surface area contributed by atoms with Crippen LogP contribution in [0.3, 0.4) is 0 Å². The SMILES string of the molecule is C[C@@H]1C(=O)N(C)c2ccc(Nc3cccc(S(=O)(=O)N(C)C)c3)nc2N1C1CCN(C(=O)OC(C)(C)C)CC1. The molecule has 1 aromatic heterocycles. The number of aromatic nitrogens is 1. The van der Waals surface area contributed by atoms with Crippen LogP contribution in [0.25, 0.3) is 0 Å². The van der Waals surface area contributed by atoms with Gasteiger partial charge in [0, 0.05) is 46.0 Å². The van der Waals surface area contributed by atoms with Gasteiger partial charge in [-0.15, -0.1) is 0 Å². The first-order chi connectivity index (χ1) is 18.2. The van der Waals surface area contributed by atoms with Crippen molar-refractivity contribution in [3.05, 3.63) is 36.4 Å². The highest BCUT2D eigenvalue weighted by molar-refractivity contribution is 7.89. The molecule has 0 saturated carbocycles. The molecule has 0 spiro atoms. The zero-order valence-corrected chi connectivity index (χ0v) is 24.4. The number of likely N-dealkylation sites (tertiary alicyclic amines) is 1. The lowest BCUT2D eigenvalue weighted by atomic mass is 9.99. The van der Waals surface area contributed by atoms with E-state index in [0.717, 1.165) is 0 Å². The quantitative estimate of drug-likeness (QED) is 0.592. The predicted molar refractivity (Wildman–Crippen MR) is 151 cm³/mol. The maximum atomic E-state index is 13.1. The molecule has 2 aliphatic heterocycles. The van der Waals surface area contributed by atoms with Crippen LogP contribution in [-0.2, 0) is 19.6 Å². The number of carbonyl (C=O) groups excluding carboxylic acids is 2. The lowest BCUT2D eigenvalue weighted by Gasteiger charge is -2.46. The number of ether oxygens (including phenoxy) is 1. The van der Waals surface area contributed by atoms with Crippen LogP contribution in [0.2, 0.25) is 0 Å². The number of pyridine rings is 1. The number of amides is 2. The van der Waals surface area contributed by atoms with Crippen molar-refractivity contribution in [2.45, 2.75) is 63.1 Å². The summed E-state index contributed by atoms with van der Waals surface area (Å²) in [6.45, 7) is 8.46. The van der Waals surface area contributed by atoms with E-state index in [9.17, 15) is 18.0 Å². The maximum Gasteiger partial charge on any atom is 0.410 e. The third-order valence-corrected chi connectivity index (χ3v) is 8.77. The second kappa shape index (κ2) is 10.6. The standard InChI is InChI=1S/C27H38N6O5S/c1-18-25(34)31(7)22-11-12-23(28-19-9-8-10-21(17-19)39(36,37)30(5)6)29-24(22)33(18)20-13-15-32(16-14-20)26(35)38-27(2,3)4/h8-12,17-18,20H,13-16H2,1-7H3,(H,28,29)/t18-/m1/s1. The molecule has 0 aliphatic carbocycles. The average molecular weight is 559 g/mol. The molecule has 2 aromatic rings. The molecule has 39 heavy (non-hydrogen) atoms. The van der Waals surface area contributed by atoms with Crippen LogP contribution >= 0.6 is 0 Å². The predicted octanol–water partition coefficient (Wildman–Crippen LogP) is 3.65. The van der Waals surface area contributed by atoms with Crippen LogP contribution in [0.1, 0.15) is 40.5 Å². The number of benzene rings is 1. The van der Waals surface area contributed by atoms with Crippen LogP contribution in [0.5, 0.6) is 0 Å². The summed E-state index contributed by atoms with van der Waals surface area (Å²) in [5, 5.41) is 3.22. The summed E-state index contributed by atoms with van der Waals surface area (Å²) in [4.78, 5) is 36.1. The zero-order valence-electron chi connectivity index (χ0n) is 23.6. The molecule has 3 heterocycles. The van der Waals surface area contributed by atoms with Gasteiger partial charge in [-0.2, -0.15) is 0 Å². The van der Waals surface area contributed by atoms with Gasteiger partial charge in [0.1, 0.15) is 17.5 Å². The minimum Gasteiger partial charge on any atom is -0.444 e. The number of hydrogen-bond donors (Lipinski definition) is 1. The van der Waals surface area contributed by atoms with Gasteiger partial charge >= 0.3 is 6.09 Å². The summed E-state index contributed by atoms with van der Waals surface area (Å²) in [6.07, 6.45) is 1.01. The number of nitrogens with one attached hydrogen (secondary N) is 1. The summed E-state index contributed by atoms with van der Waals surface area (Å²) >= 11 is 0. The van der Waals surface area contributed by atoms with Crippen LogP contribution in [0.15, 0.2) is 41.3 Å². The van der Waals surface area contributed by atoms with Crippen molar-refractivity contribution < 1.29 is 22.7 Å². The Bertz CT molecular complexity index is 1350. The molecule has 4 rings (SSSR count). The van der Waals surface area contributed by atoms with Gasteiger partial charge in [-0.3, -0.25) is 4.79 Å². The van der Waals surface area contributed by atoms with Crippen molar-refractivity contribution in [2.75, 3.05) is 49.3 Å². The molecule has 0 unspecified atom stereocenters. The Labute approximate surface area is 230 Å². The van der Waals surface area contributed by atoms with Crippen molar-refractivity contribution in [1.29, 1.82) is 0 Å². The van der Waals surface area contributed by atoms with E-state index in [4.69, 9.17) is 9.72 Å². The Hall–Kier alpha value is -3.38. The van der Waals surface area contributed by atoms with E-state index in [-0.39, 0.29) is 22.9 Å². The van der Waals surface area contributed by atoms with Gasteiger partial charge in [0.15, 0.2) is 5.82 Å². The molecule has 212 valence electrons. The smallest absolute Gasteiger partial charge is 0.410 e. The van der Waals surface area contributed by atoms with Crippen LogP contribution in [0, 0.1) is 0 Å². The van der Waals surface area contributed by atoms with Crippen LogP contribution < -0.4 is 15.1 Å². The van der Waals surface area contributed by atoms with E-state index in [1.165, 1.54) is 18.4 Å². The second-order valence-electron chi connectivity index (χ2n) is 11.2. The Morgan fingerprint density at radius 1 is 1.13 bits per heavy atom. The Balaban J connectivity index is 1.59. The van der Waals surface area contributed by atoms with Crippen molar-refractivity contribution in [1.82, 2.24) is 14.2 Å². The summed E-state index contributed by atoms with van der Waals surface area (Å²) in [5.41, 5.74) is 0.715. The number of hydrogen-bond acceptors (Lipinski definition) is 8. The molecule has 1 aromatic carbocycles. The van der Waals surface area contributed by atoms with E-state index >= 15 is 0 Å². The number of fused-ring (bicyclic) bond motifs is 1. The Morgan fingerprint density at radius 3 is 2.41 bits per heavy atom. The Morgan fingerprint density at radius 2 is 1.79 bits per heavy atom. The summed E-state index contributed by atoms with van der Waals surface area (Å²) < 4.78 is 31.9. The van der Waals surface area contributed by atoms with Crippen molar-refractivity contribution in [3.63, 3.8) is 0 Å². The monoisotopic (exact) mass is 558 g/mol. The number of rotatable bonds is 5. The highest BCUT2D eigenvalue weighted by Gasteiger charge is 2.40. The molecule has 1 saturated heterocycles. The summed E-state index contributed by atoms with van der Waals surface area (Å²) in [7, 11) is 1.14. The first-order valence-corrected chi connectivity index (χ1v) is 14.5. The molecule has 2 aliphatic rings. The Kier molecular flexibility index (Phi) is 7.82. The fourth-order valence-corrected chi connectivity index (χ4v) is 5.85. The van der Waals surface area contributed by atoms with E-state index in [1.54, 1.807) is 47.2 Å². The molecule has 12 heteroatoms. The molecular formula is C27H38N6O5S. The van der Waals surface area contributed by atoms with Crippen LogP contribution in [0.4, 0.5) is 27.8 Å². The van der Waals surface area contributed by atoms with Gasteiger partial charge in [0.05, 0.1) is 10.6 Å². The lowest BCUT2D eigenvalue weighted by molar-refractivity contribution is -0.119. The molecule has 2 amide bonds. The first kappa shape index (κ1) is 28.6. The van der Waals surface area contributed by atoms with Gasteiger partial charge in [-0.05, 0) is 70.9 Å². The topological polar surface area (TPSA) is 115 Å². The number of likely N-dealkylation sites (N-methyl/N-ethyl adjacent to an activating group) is 1. The molecule has 1 atom stereocenters. The minimum absolute atomic E-state index is 0.00593. The molecule has 0 radical (unpaired) electrons. The number of anilines is 4. The largest absolute Gasteiger partial charge is 0.444 e. The molecular weight excluding hydrogens is 520 g/mol. The highest BCUT2D eigenvalue weighted by atomic mass is 32.2. The molecule has 1 N–H and O–H groups in total. The van der Waals surface area contributed by atoms with E-state index in [0.29, 0.717) is 48.9 Å². The van der Waals surface area contributed by atoms with Gasteiger partial charge in [-0.1, -0.05) is 6.07 Å². The third-order valence-electron chi connectivity index (χ3n) is 6.96. The fraction of sp³-hybridized carbons (Fsp3) is 0.519. The summed E-state index contributed by atoms with van der Waals surface area (Å²) in [6, 6.07) is 9.76. The number of piperidine rings is 1. The highest BCUT2D eigenvalue weighted by Crippen LogP contribution is 2.38. The second-order valence-corrected chi connectivity index (χ2v) is 13.3. The third kappa shape index (κ3) is 5.96. The fourth-order valence-electron chi connectivity index (χ4n) is 4.90. The van der Waals surface area contributed by atoms with Crippen molar-refractivity contribution in [3.8, 4) is 0 Å². The number of sulfonamides is 1. The normalized spacial score (nSPS) is 18.8. The first-order valence-electron chi connectivity index (χ1n) is 13.0. The minimum atomic E-state index is -3.59. The molecule has 0 bridgehead atoms. The lowest BCUT2D eigenvalue weighted by Crippen LogP contribution is -2.57. The van der Waals surface area contributed by atoms with E-state index in [2.05, 4.69) is 10.2 Å². The molecule has 11 nitrogen and oxygen atoms in total. The summed E-state index contributed by atoms with van der Waals surface area (Å²) in [5.74, 6) is 1.17. The van der Waals surface area contributed by atoms with Crippen molar-refractivity contribution in [2.24, 2.45) is 0 Å². The van der Waals surface area contributed by atoms with Gasteiger partial charge < -0.3 is 24.8 Å². The van der Waals surface area contributed by atoms with Gasteiger partial charge in [0.25, 0.3) is 0 Å². The van der Waals surface area contributed by atoms with Gasteiger partial charge in [0.2, 0.25) is 15.9 Å². The molecule has 1 fully saturated rings. The average Bonchev–Trinajstić information content (AvgIpc) is 2.87.